The van der Waals surface area contributed by atoms with Crippen LogP contribution in [0.1, 0.15) is 11.3 Å². The molecule has 0 amide bonds. The number of aromatic nitrogens is 1. The second kappa shape index (κ2) is 4.87. The molecule has 0 aliphatic heterocycles. The first-order chi connectivity index (χ1) is 6.18. The summed E-state index contributed by atoms with van der Waals surface area (Å²) in [7, 11) is 0. The third-order valence-corrected chi connectivity index (χ3v) is 1.59. The molecular weight excluding hydrogens is 174 g/mol. The van der Waals surface area contributed by atoms with Crippen LogP contribution in [0, 0.1) is 6.92 Å². The van der Waals surface area contributed by atoms with Crippen molar-refractivity contribution in [3.05, 3.63) is 29.6 Å². The number of pyridine rings is 1. The van der Waals surface area contributed by atoms with E-state index in [0.717, 1.165) is 11.3 Å². The number of halogens is 2. The Hall–Kier alpha value is -1.03. The standard InChI is InChI=1S/C9H12F2N2/c1-7-4-8(2-3-13-7)5-12-6-9(10)11/h2-4,9,12H,5-6H2,1H3. The molecule has 4 heteroatoms. The zero-order chi connectivity index (χ0) is 9.68. The average Bonchev–Trinajstić information content (AvgIpc) is 2.03. The molecule has 1 N–H and O–H groups in total. The molecule has 0 saturated carbocycles. The maximum atomic E-state index is 11.7. The van der Waals surface area contributed by atoms with Crippen molar-refractivity contribution in [3.8, 4) is 0 Å². The third-order valence-electron chi connectivity index (χ3n) is 1.59. The van der Waals surface area contributed by atoms with E-state index >= 15 is 0 Å². The van der Waals surface area contributed by atoms with Crippen LogP contribution in [0.15, 0.2) is 18.3 Å². The van der Waals surface area contributed by atoms with E-state index in [9.17, 15) is 8.78 Å². The number of rotatable bonds is 4. The molecule has 0 fully saturated rings. The minimum Gasteiger partial charge on any atom is -0.307 e. The quantitative estimate of drug-likeness (QED) is 0.774. The lowest BCUT2D eigenvalue weighted by atomic mass is 10.2. The molecule has 0 radical (unpaired) electrons. The summed E-state index contributed by atoms with van der Waals surface area (Å²) in [4.78, 5) is 4.01. The fraction of sp³-hybridized carbons (Fsp3) is 0.444. The number of nitrogens with zero attached hydrogens (tertiary/aromatic N) is 1. The van der Waals surface area contributed by atoms with E-state index in [1.54, 1.807) is 6.20 Å². The number of alkyl halides is 2. The van der Waals surface area contributed by atoms with Gasteiger partial charge in [0.15, 0.2) is 0 Å². The Labute approximate surface area is 76.0 Å². The lowest BCUT2D eigenvalue weighted by Crippen LogP contribution is -2.20. The number of nitrogens with one attached hydrogen (secondary N) is 1. The summed E-state index contributed by atoms with van der Waals surface area (Å²) in [5.41, 5.74) is 1.88. The molecule has 0 aliphatic rings. The Morgan fingerprint density at radius 3 is 2.92 bits per heavy atom. The van der Waals surface area contributed by atoms with Crippen LogP contribution in [-0.2, 0) is 6.54 Å². The monoisotopic (exact) mass is 186 g/mol. The minimum atomic E-state index is -2.29. The van der Waals surface area contributed by atoms with Crippen LogP contribution in [0.5, 0.6) is 0 Å². The second-order valence-electron chi connectivity index (χ2n) is 2.83. The molecule has 1 heterocycles. The number of hydrogen-bond donors (Lipinski definition) is 1. The molecule has 0 aromatic carbocycles. The zero-order valence-corrected chi connectivity index (χ0v) is 7.43. The predicted octanol–water partition coefficient (Wildman–Crippen LogP) is 1.74. The van der Waals surface area contributed by atoms with Gasteiger partial charge in [-0.15, -0.1) is 0 Å². The summed E-state index contributed by atoms with van der Waals surface area (Å²) in [5.74, 6) is 0. The Morgan fingerprint density at radius 2 is 2.31 bits per heavy atom. The Morgan fingerprint density at radius 1 is 1.54 bits per heavy atom. The number of hydrogen-bond acceptors (Lipinski definition) is 2. The summed E-state index contributed by atoms with van der Waals surface area (Å²) in [5, 5.41) is 2.65. The lowest BCUT2D eigenvalue weighted by Gasteiger charge is -2.03. The van der Waals surface area contributed by atoms with Crippen molar-refractivity contribution in [2.24, 2.45) is 0 Å². The summed E-state index contributed by atoms with van der Waals surface area (Å²) in [6.07, 6.45) is -0.614. The molecule has 1 rings (SSSR count). The van der Waals surface area contributed by atoms with E-state index in [4.69, 9.17) is 0 Å². The highest BCUT2D eigenvalue weighted by atomic mass is 19.3. The second-order valence-corrected chi connectivity index (χ2v) is 2.83. The lowest BCUT2D eigenvalue weighted by molar-refractivity contribution is 0.145. The van der Waals surface area contributed by atoms with Gasteiger partial charge in [0.2, 0.25) is 0 Å². The van der Waals surface area contributed by atoms with Gasteiger partial charge >= 0.3 is 0 Å². The zero-order valence-electron chi connectivity index (χ0n) is 7.43. The van der Waals surface area contributed by atoms with Crippen LogP contribution in [0.2, 0.25) is 0 Å². The topological polar surface area (TPSA) is 24.9 Å². The van der Waals surface area contributed by atoms with E-state index in [-0.39, 0.29) is 6.54 Å². The molecule has 0 bridgehead atoms. The van der Waals surface area contributed by atoms with Gasteiger partial charge in [-0.1, -0.05) is 0 Å². The highest BCUT2D eigenvalue weighted by Crippen LogP contribution is 2.00. The van der Waals surface area contributed by atoms with Gasteiger partial charge in [-0.2, -0.15) is 0 Å². The van der Waals surface area contributed by atoms with Crippen molar-refractivity contribution in [2.75, 3.05) is 6.54 Å². The fourth-order valence-electron chi connectivity index (χ4n) is 1.04. The molecule has 0 saturated heterocycles. The number of aryl methyl sites for hydroxylation is 1. The predicted molar refractivity (Wildman–Crippen MR) is 46.7 cm³/mol. The Balaban J connectivity index is 2.37. The summed E-state index contributed by atoms with van der Waals surface area (Å²) in [6, 6.07) is 3.68. The molecule has 13 heavy (non-hydrogen) atoms. The van der Waals surface area contributed by atoms with Gasteiger partial charge < -0.3 is 5.32 Å². The van der Waals surface area contributed by atoms with Gasteiger partial charge in [0.1, 0.15) is 0 Å². The Kier molecular flexibility index (Phi) is 3.76. The highest BCUT2D eigenvalue weighted by molar-refractivity contribution is 5.14. The van der Waals surface area contributed by atoms with Crippen molar-refractivity contribution in [1.82, 2.24) is 10.3 Å². The highest BCUT2D eigenvalue weighted by Gasteiger charge is 2.00. The normalized spacial score (nSPS) is 10.8. The first kappa shape index (κ1) is 10.1. The summed E-state index contributed by atoms with van der Waals surface area (Å²) < 4.78 is 23.5. The van der Waals surface area contributed by atoms with E-state index in [1.807, 2.05) is 19.1 Å². The van der Waals surface area contributed by atoms with Crippen molar-refractivity contribution in [1.29, 1.82) is 0 Å². The average molecular weight is 186 g/mol. The van der Waals surface area contributed by atoms with Crippen LogP contribution in [0.3, 0.4) is 0 Å². The maximum Gasteiger partial charge on any atom is 0.250 e. The maximum absolute atomic E-state index is 11.7. The summed E-state index contributed by atoms with van der Waals surface area (Å²) in [6.45, 7) is 2.08. The summed E-state index contributed by atoms with van der Waals surface area (Å²) >= 11 is 0. The molecule has 0 spiro atoms. The van der Waals surface area contributed by atoms with Gasteiger partial charge in [0.25, 0.3) is 6.43 Å². The molecule has 0 unspecified atom stereocenters. The van der Waals surface area contributed by atoms with Crippen LogP contribution in [-0.4, -0.2) is 18.0 Å². The van der Waals surface area contributed by atoms with Gasteiger partial charge in [0.05, 0.1) is 6.54 Å². The van der Waals surface area contributed by atoms with Crippen molar-refractivity contribution in [3.63, 3.8) is 0 Å². The Bertz CT molecular complexity index is 264. The van der Waals surface area contributed by atoms with Gasteiger partial charge in [-0.05, 0) is 24.6 Å². The van der Waals surface area contributed by atoms with Crippen molar-refractivity contribution < 1.29 is 8.78 Å². The van der Waals surface area contributed by atoms with Crippen LogP contribution < -0.4 is 5.32 Å². The van der Waals surface area contributed by atoms with Crippen LogP contribution in [0.4, 0.5) is 8.78 Å². The van der Waals surface area contributed by atoms with E-state index in [2.05, 4.69) is 10.3 Å². The van der Waals surface area contributed by atoms with Crippen LogP contribution >= 0.6 is 0 Å². The van der Waals surface area contributed by atoms with E-state index in [1.165, 1.54) is 0 Å². The molecule has 1 aromatic heterocycles. The molecular formula is C9H12F2N2. The van der Waals surface area contributed by atoms with E-state index in [0.29, 0.717) is 6.54 Å². The molecule has 0 aliphatic carbocycles. The third kappa shape index (κ3) is 3.94. The van der Waals surface area contributed by atoms with Gasteiger partial charge in [0, 0.05) is 18.4 Å². The van der Waals surface area contributed by atoms with Crippen molar-refractivity contribution in [2.45, 2.75) is 19.9 Å². The molecule has 1 aromatic rings. The fourth-order valence-corrected chi connectivity index (χ4v) is 1.04. The first-order valence-electron chi connectivity index (χ1n) is 4.09. The van der Waals surface area contributed by atoms with Gasteiger partial charge in [-0.3, -0.25) is 4.98 Å². The van der Waals surface area contributed by atoms with E-state index < -0.39 is 6.43 Å². The molecule has 72 valence electrons. The van der Waals surface area contributed by atoms with Crippen molar-refractivity contribution >= 4 is 0 Å². The SMILES string of the molecule is Cc1cc(CNCC(F)F)ccn1. The first-order valence-corrected chi connectivity index (χ1v) is 4.09. The minimum absolute atomic E-state index is 0.263. The molecule has 0 atom stereocenters. The smallest absolute Gasteiger partial charge is 0.250 e. The van der Waals surface area contributed by atoms with Gasteiger partial charge in [-0.25, -0.2) is 8.78 Å². The van der Waals surface area contributed by atoms with Crippen LogP contribution in [0.25, 0.3) is 0 Å². The largest absolute Gasteiger partial charge is 0.307 e. The molecule has 2 nitrogen and oxygen atoms in total.